The molecule has 0 bridgehead atoms. The van der Waals surface area contributed by atoms with E-state index in [0.717, 1.165) is 11.1 Å². The van der Waals surface area contributed by atoms with E-state index in [1.807, 2.05) is 6.07 Å². The van der Waals surface area contributed by atoms with Crippen LogP contribution in [0.4, 0.5) is 8.78 Å². The fraction of sp³-hybridized carbons (Fsp3) is 0.350. The average Bonchev–Trinajstić information content (AvgIpc) is 3.08. The van der Waals surface area contributed by atoms with Gasteiger partial charge >= 0.3 is 0 Å². The summed E-state index contributed by atoms with van der Waals surface area (Å²) < 4.78 is 31.7. The highest BCUT2D eigenvalue weighted by molar-refractivity contribution is 6.04. The predicted molar refractivity (Wildman–Crippen MR) is 103 cm³/mol. The zero-order chi connectivity index (χ0) is 21.0. The summed E-state index contributed by atoms with van der Waals surface area (Å²) in [4.78, 5) is 16.5. The molecule has 1 amide bonds. The van der Waals surface area contributed by atoms with Crippen LogP contribution in [0.2, 0.25) is 0 Å². The van der Waals surface area contributed by atoms with E-state index in [1.165, 1.54) is 6.20 Å². The lowest BCUT2D eigenvalue weighted by molar-refractivity contribution is 0.0815. The predicted octanol–water partition coefficient (Wildman–Crippen LogP) is 2.54. The van der Waals surface area contributed by atoms with Crippen LogP contribution in [0, 0.1) is 6.92 Å². The molecule has 1 aromatic carbocycles. The number of halogens is 2. The highest BCUT2D eigenvalue weighted by Crippen LogP contribution is 2.22. The van der Waals surface area contributed by atoms with Crippen LogP contribution in [0.1, 0.15) is 28.5 Å². The molecule has 0 radical (unpaired) electrons. The average molecular weight is 404 g/mol. The maximum atomic E-state index is 12.4. The fourth-order valence-electron chi connectivity index (χ4n) is 2.82. The molecule has 2 heterocycles. The molecule has 9 heteroatoms. The van der Waals surface area contributed by atoms with Crippen LogP contribution in [0.3, 0.4) is 0 Å². The second-order valence-electron chi connectivity index (χ2n) is 6.78. The lowest BCUT2D eigenvalue weighted by Crippen LogP contribution is -2.31. The first kappa shape index (κ1) is 20.7. The van der Waals surface area contributed by atoms with Gasteiger partial charge in [-0.05, 0) is 37.1 Å². The van der Waals surface area contributed by atoms with Crippen LogP contribution in [-0.4, -0.2) is 51.5 Å². The molecule has 0 saturated carbocycles. The van der Waals surface area contributed by atoms with Crippen molar-refractivity contribution in [1.29, 1.82) is 0 Å². The van der Waals surface area contributed by atoms with Gasteiger partial charge in [-0.3, -0.25) is 14.5 Å². The Morgan fingerprint density at radius 2 is 2.14 bits per heavy atom. The number of aryl methyl sites for hydroxylation is 1. The van der Waals surface area contributed by atoms with E-state index in [0.29, 0.717) is 23.2 Å². The maximum Gasteiger partial charge on any atom is 0.272 e. The largest absolute Gasteiger partial charge is 0.487 e. The number of rotatable bonds is 8. The van der Waals surface area contributed by atoms with E-state index in [1.54, 1.807) is 42.9 Å². The first-order valence-corrected chi connectivity index (χ1v) is 9.12. The molecule has 0 aliphatic heterocycles. The molecule has 29 heavy (non-hydrogen) atoms. The van der Waals surface area contributed by atoms with E-state index < -0.39 is 25.0 Å². The Balaban J connectivity index is 1.82. The number of nitrogens with one attached hydrogen (secondary N) is 1. The molecule has 0 unspecified atom stereocenters. The van der Waals surface area contributed by atoms with Crippen molar-refractivity contribution in [2.24, 2.45) is 0 Å². The number of carbonyl (C=O) groups excluding carboxylic acids is 1. The van der Waals surface area contributed by atoms with Crippen LogP contribution in [0.5, 0.6) is 5.75 Å². The molecule has 0 spiro atoms. The summed E-state index contributed by atoms with van der Waals surface area (Å²) in [5, 5.41) is 17.0. The SMILES string of the molecule is Cc1ccc(Cn2cc3c(C(=O)NC[C@@H](C)O)nccc3n2)cc1OCC(F)F. The summed E-state index contributed by atoms with van der Waals surface area (Å²) in [6, 6.07) is 7.07. The second kappa shape index (κ2) is 8.95. The minimum Gasteiger partial charge on any atom is -0.487 e. The smallest absolute Gasteiger partial charge is 0.272 e. The van der Waals surface area contributed by atoms with Crippen LogP contribution in [0.15, 0.2) is 36.7 Å². The second-order valence-corrected chi connectivity index (χ2v) is 6.78. The Kier molecular flexibility index (Phi) is 6.38. The Bertz CT molecular complexity index is 1000. The summed E-state index contributed by atoms with van der Waals surface area (Å²) in [5.74, 6) is 0.00781. The first-order chi connectivity index (χ1) is 13.8. The number of benzene rings is 1. The van der Waals surface area contributed by atoms with E-state index >= 15 is 0 Å². The van der Waals surface area contributed by atoms with Crippen molar-refractivity contribution in [1.82, 2.24) is 20.1 Å². The Hall–Kier alpha value is -3.07. The normalized spacial score (nSPS) is 12.3. The standard InChI is InChI=1S/C20H22F2N4O3/c1-12-3-4-14(7-17(12)29-11-18(21)22)9-26-10-15-16(25-26)5-6-23-19(15)20(28)24-8-13(2)27/h3-7,10,13,18,27H,8-9,11H2,1-2H3,(H,24,28)/t13-/m1/s1. The van der Waals surface area contributed by atoms with Crippen LogP contribution >= 0.6 is 0 Å². The van der Waals surface area contributed by atoms with Gasteiger partial charge in [0.15, 0.2) is 0 Å². The summed E-state index contributed by atoms with van der Waals surface area (Å²) >= 11 is 0. The third-order valence-corrected chi connectivity index (χ3v) is 4.22. The summed E-state index contributed by atoms with van der Waals surface area (Å²) in [7, 11) is 0. The molecule has 0 aliphatic carbocycles. The number of pyridine rings is 1. The molecular formula is C20H22F2N4O3. The number of alkyl halides is 2. The van der Waals surface area contributed by atoms with Gasteiger partial charge in [0.1, 0.15) is 18.1 Å². The maximum absolute atomic E-state index is 12.4. The van der Waals surface area contributed by atoms with Crippen molar-refractivity contribution in [3.63, 3.8) is 0 Å². The lowest BCUT2D eigenvalue weighted by Gasteiger charge is -2.11. The number of aliphatic hydroxyl groups excluding tert-OH is 1. The molecule has 7 nitrogen and oxygen atoms in total. The van der Waals surface area contributed by atoms with Gasteiger partial charge in [-0.1, -0.05) is 12.1 Å². The highest BCUT2D eigenvalue weighted by Gasteiger charge is 2.15. The molecule has 1 atom stereocenters. The molecule has 0 saturated heterocycles. The minimum absolute atomic E-state index is 0.121. The fourth-order valence-corrected chi connectivity index (χ4v) is 2.82. The van der Waals surface area contributed by atoms with E-state index in [9.17, 15) is 18.7 Å². The van der Waals surface area contributed by atoms with Gasteiger partial charge in [0.2, 0.25) is 0 Å². The molecule has 3 aromatic rings. The summed E-state index contributed by atoms with van der Waals surface area (Å²) in [5.41, 5.74) is 2.41. The Morgan fingerprint density at radius 3 is 2.86 bits per heavy atom. The summed E-state index contributed by atoms with van der Waals surface area (Å²) in [6.07, 6.45) is 0.00225. The van der Waals surface area contributed by atoms with Gasteiger partial charge in [-0.15, -0.1) is 0 Å². The first-order valence-electron chi connectivity index (χ1n) is 9.12. The molecular weight excluding hydrogens is 382 g/mol. The number of hydrogen-bond donors (Lipinski definition) is 2. The molecule has 154 valence electrons. The third-order valence-electron chi connectivity index (χ3n) is 4.22. The zero-order valence-electron chi connectivity index (χ0n) is 16.1. The van der Waals surface area contributed by atoms with Crippen LogP contribution in [0.25, 0.3) is 10.9 Å². The number of carbonyl (C=O) groups is 1. The van der Waals surface area contributed by atoms with Gasteiger partial charge < -0.3 is 15.2 Å². The van der Waals surface area contributed by atoms with Crippen molar-refractivity contribution in [2.75, 3.05) is 13.2 Å². The Labute approximate surface area is 166 Å². The molecule has 2 N–H and O–H groups in total. The van der Waals surface area contributed by atoms with Crippen molar-refractivity contribution in [3.8, 4) is 5.75 Å². The van der Waals surface area contributed by atoms with Crippen molar-refractivity contribution < 1.29 is 23.4 Å². The van der Waals surface area contributed by atoms with Gasteiger partial charge in [-0.25, -0.2) is 8.78 Å². The number of hydrogen-bond acceptors (Lipinski definition) is 5. The van der Waals surface area contributed by atoms with Gasteiger partial charge in [0, 0.05) is 18.9 Å². The quantitative estimate of drug-likeness (QED) is 0.602. The van der Waals surface area contributed by atoms with Crippen molar-refractivity contribution in [2.45, 2.75) is 32.9 Å². The molecule has 3 rings (SSSR count). The van der Waals surface area contributed by atoms with Gasteiger partial charge in [-0.2, -0.15) is 5.10 Å². The monoisotopic (exact) mass is 404 g/mol. The molecule has 0 fully saturated rings. The minimum atomic E-state index is -2.54. The summed E-state index contributed by atoms with van der Waals surface area (Å²) in [6.45, 7) is 3.20. The third kappa shape index (κ3) is 5.26. The van der Waals surface area contributed by atoms with Crippen molar-refractivity contribution >= 4 is 16.8 Å². The number of aromatic nitrogens is 3. The van der Waals surface area contributed by atoms with Crippen LogP contribution < -0.4 is 10.1 Å². The molecule has 0 aliphatic rings. The highest BCUT2D eigenvalue weighted by atomic mass is 19.3. The number of fused-ring (bicyclic) bond motifs is 1. The van der Waals surface area contributed by atoms with Gasteiger partial charge in [0.25, 0.3) is 12.3 Å². The number of amides is 1. The topological polar surface area (TPSA) is 89.3 Å². The zero-order valence-corrected chi connectivity index (χ0v) is 16.1. The molecule has 2 aromatic heterocycles. The number of nitrogens with zero attached hydrogens (tertiary/aromatic N) is 3. The van der Waals surface area contributed by atoms with E-state index in [-0.39, 0.29) is 12.2 Å². The van der Waals surface area contributed by atoms with Gasteiger partial charge in [0.05, 0.1) is 23.6 Å². The van der Waals surface area contributed by atoms with E-state index in [4.69, 9.17) is 4.74 Å². The number of ether oxygens (including phenoxy) is 1. The van der Waals surface area contributed by atoms with Crippen molar-refractivity contribution in [3.05, 3.63) is 53.5 Å². The van der Waals surface area contributed by atoms with E-state index in [2.05, 4.69) is 15.4 Å². The van der Waals surface area contributed by atoms with Crippen LogP contribution in [-0.2, 0) is 6.54 Å². The lowest BCUT2D eigenvalue weighted by atomic mass is 10.1. The number of aliphatic hydroxyl groups is 1. The Morgan fingerprint density at radius 1 is 1.34 bits per heavy atom.